The number of hydrogen-bond donors (Lipinski definition) is 1. The van der Waals surface area contributed by atoms with E-state index in [-0.39, 0.29) is 11.8 Å². The molecule has 1 aromatic carbocycles. The fraction of sp³-hybridized carbons (Fsp3) is 0.438. The number of aryl methyl sites for hydroxylation is 1. The summed E-state index contributed by atoms with van der Waals surface area (Å²) in [6.45, 7) is 6.37. The minimum Gasteiger partial charge on any atom is -0.352 e. The molecule has 1 amide bonds. The van der Waals surface area contributed by atoms with E-state index in [0.29, 0.717) is 18.4 Å². The Morgan fingerprint density at radius 3 is 3.00 bits per heavy atom. The Morgan fingerprint density at radius 2 is 2.22 bits per heavy atom. The van der Waals surface area contributed by atoms with Crippen molar-refractivity contribution in [2.45, 2.75) is 25.7 Å². The van der Waals surface area contributed by atoms with E-state index in [4.69, 9.17) is 0 Å². The lowest BCUT2D eigenvalue weighted by Gasteiger charge is -2.13. The van der Waals surface area contributed by atoms with Crippen LogP contribution in [0.3, 0.4) is 0 Å². The molecular formula is C16H19NO. The Morgan fingerprint density at radius 1 is 1.44 bits per heavy atom. The standard InChI is InChI=1S/C16H19NO/c1-10(2)9-17-16(18)15-13-8-7-11-5-3-4-6-12(11)14(13)15/h3-6,13-15H,1,7-9H2,2H3,(H,17,18). The SMILES string of the molecule is C=C(C)CNC(=O)C1C2CCc3ccccc3C21. The van der Waals surface area contributed by atoms with Gasteiger partial charge in [0.05, 0.1) is 0 Å². The molecule has 0 heterocycles. The first kappa shape index (κ1) is 11.5. The van der Waals surface area contributed by atoms with Crippen LogP contribution in [0.4, 0.5) is 0 Å². The van der Waals surface area contributed by atoms with Gasteiger partial charge in [-0.05, 0) is 42.7 Å². The first-order valence-electron chi connectivity index (χ1n) is 6.68. The summed E-state index contributed by atoms with van der Waals surface area (Å²) in [4.78, 5) is 12.1. The summed E-state index contributed by atoms with van der Waals surface area (Å²) in [5, 5.41) is 2.99. The summed E-state index contributed by atoms with van der Waals surface area (Å²) in [7, 11) is 0. The number of nitrogens with one attached hydrogen (secondary N) is 1. The molecule has 3 atom stereocenters. The zero-order chi connectivity index (χ0) is 12.7. The average Bonchev–Trinajstić information content (AvgIpc) is 3.10. The molecule has 0 spiro atoms. The van der Waals surface area contributed by atoms with Gasteiger partial charge >= 0.3 is 0 Å². The van der Waals surface area contributed by atoms with Crippen LogP contribution in [0.1, 0.15) is 30.4 Å². The maximum absolute atomic E-state index is 12.1. The van der Waals surface area contributed by atoms with Crippen molar-refractivity contribution in [3.8, 4) is 0 Å². The lowest BCUT2D eigenvalue weighted by Crippen LogP contribution is -2.27. The van der Waals surface area contributed by atoms with E-state index in [1.165, 1.54) is 11.1 Å². The van der Waals surface area contributed by atoms with Crippen LogP contribution in [0, 0.1) is 11.8 Å². The zero-order valence-corrected chi connectivity index (χ0v) is 10.8. The average molecular weight is 241 g/mol. The van der Waals surface area contributed by atoms with Crippen molar-refractivity contribution in [2.24, 2.45) is 11.8 Å². The van der Waals surface area contributed by atoms with Crippen LogP contribution >= 0.6 is 0 Å². The van der Waals surface area contributed by atoms with Crippen molar-refractivity contribution in [3.63, 3.8) is 0 Å². The van der Waals surface area contributed by atoms with Crippen molar-refractivity contribution in [1.82, 2.24) is 5.32 Å². The van der Waals surface area contributed by atoms with Crippen LogP contribution in [-0.4, -0.2) is 12.5 Å². The molecule has 0 radical (unpaired) electrons. The van der Waals surface area contributed by atoms with Crippen LogP contribution in [0.2, 0.25) is 0 Å². The van der Waals surface area contributed by atoms with Gasteiger partial charge in [-0.2, -0.15) is 0 Å². The van der Waals surface area contributed by atoms with Gasteiger partial charge in [-0.25, -0.2) is 0 Å². The predicted molar refractivity (Wildman–Crippen MR) is 72.3 cm³/mol. The van der Waals surface area contributed by atoms with Crippen LogP contribution in [-0.2, 0) is 11.2 Å². The summed E-state index contributed by atoms with van der Waals surface area (Å²) in [6, 6.07) is 8.57. The lowest BCUT2D eigenvalue weighted by molar-refractivity contribution is -0.122. The minimum atomic E-state index is 0.202. The fourth-order valence-electron chi connectivity index (χ4n) is 3.28. The molecule has 2 nitrogen and oxygen atoms in total. The number of rotatable bonds is 3. The van der Waals surface area contributed by atoms with E-state index in [0.717, 1.165) is 18.4 Å². The second-order valence-electron chi connectivity index (χ2n) is 5.63. The number of benzene rings is 1. The van der Waals surface area contributed by atoms with Crippen molar-refractivity contribution >= 4 is 5.91 Å². The molecule has 0 aliphatic heterocycles. The van der Waals surface area contributed by atoms with Gasteiger partial charge in [0.15, 0.2) is 0 Å². The second-order valence-corrected chi connectivity index (χ2v) is 5.63. The quantitative estimate of drug-likeness (QED) is 0.810. The molecule has 1 fully saturated rings. The second kappa shape index (κ2) is 4.27. The summed E-state index contributed by atoms with van der Waals surface area (Å²) in [6.07, 6.45) is 2.29. The van der Waals surface area contributed by atoms with Gasteiger partial charge in [-0.1, -0.05) is 36.4 Å². The Labute approximate surface area is 108 Å². The summed E-state index contributed by atoms with van der Waals surface area (Å²) in [5.74, 6) is 1.46. The molecule has 2 aliphatic rings. The Balaban J connectivity index is 1.73. The van der Waals surface area contributed by atoms with E-state index in [1.807, 2.05) is 6.92 Å². The molecule has 1 saturated carbocycles. The van der Waals surface area contributed by atoms with Gasteiger partial charge < -0.3 is 5.32 Å². The first-order valence-corrected chi connectivity index (χ1v) is 6.68. The molecule has 2 heteroatoms. The topological polar surface area (TPSA) is 29.1 Å². The van der Waals surface area contributed by atoms with E-state index < -0.39 is 0 Å². The van der Waals surface area contributed by atoms with E-state index >= 15 is 0 Å². The maximum Gasteiger partial charge on any atom is 0.224 e. The van der Waals surface area contributed by atoms with Gasteiger partial charge in [0.2, 0.25) is 5.91 Å². The third-order valence-electron chi connectivity index (χ3n) is 4.20. The monoisotopic (exact) mass is 241 g/mol. The van der Waals surface area contributed by atoms with Gasteiger partial charge in [0.25, 0.3) is 0 Å². The highest BCUT2D eigenvalue weighted by Crippen LogP contribution is 2.59. The molecule has 18 heavy (non-hydrogen) atoms. The molecule has 1 N–H and O–H groups in total. The van der Waals surface area contributed by atoms with Crippen LogP contribution in [0.15, 0.2) is 36.4 Å². The van der Waals surface area contributed by atoms with Gasteiger partial charge in [-0.15, -0.1) is 0 Å². The Bertz CT molecular complexity index is 506. The van der Waals surface area contributed by atoms with Crippen molar-refractivity contribution in [3.05, 3.63) is 47.5 Å². The third-order valence-corrected chi connectivity index (χ3v) is 4.20. The molecule has 2 aliphatic carbocycles. The van der Waals surface area contributed by atoms with Crippen molar-refractivity contribution in [1.29, 1.82) is 0 Å². The van der Waals surface area contributed by atoms with Crippen LogP contribution < -0.4 is 5.32 Å². The number of carbonyl (C=O) groups excluding carboxylic acids is 1. The van der Waals surface area contributed by atoms with Gasteiger partial charge in [0.1, 0.15) is 0 Å². The molecule has 1 aromatic rings. The molecule has 0 bridgehead atoms. The van der Waals surface area contributed by atoms with Crippen molar-refractivity contribution < 1.29 is 4.79 Å². The molecule has 0 saturated heterocycles. The van der Waals surface area contributed by atoms with Crippen LogP contribution in [0.25, 0.3) is 0 Å². The molecule has 94 valence electrons. The highest BCUT2D eigenvalue weighted by molar-refractivity contribution is 5.84. The Hall–Kier alpha value is -1.57. The number of fused-ring (bicyclic) bond motifs is 3. The molecular weight excluding hydrogens is 222 g/mol. The Kier molecular flexibility index (Phi) is 2.73. The fourth-order valence-corrected chi connectivity index (χ4v) is 3.28. The van der Waals surface area contributed by atoms with E-state index in [9.17, 15) is 4.79 Å². The zero-order valence-electron chi connectivity index (χ0n) is 10.8. The number of amides is 1. The van der Waals surface area contributed by atoms with E-state index in [2.05, 4.69) is 36.2 Å². The summed E-state index contributed by atoms with van der Waals surface area (Å²) < 4.78 is 0. The van der Waals surface area contributed by atoms with Gasteiger partial charge in [0, 0.05) is 12.5 Å². The highest BCUT2D eigenvalue weighted by Gasteiger charge is 2.56. The number of carbonyl (C=O) groups is 1. The maximum atomic E-state index is 12.1. The minimum absolute atomic E-state index is 0.202. The summed E-state index contributed by atoms with van der Waals surface area (Å²) in [5.41, 5.74) is 3.85. The van der Waals surface area contributed by atoms with Crippen LogP contribution in [0.5, 0.6) is 0 Å². The smallest absolute Gasteiger partial charge is 0.224 e. The largest absolute Gasteiger partial charge is 0.352 e. The normalized spacial score (nSPS) is 27.9. The first-order chi connectivity index (χ1) is 8.68. The lowest BCUT2D eigenvalue weighted by atomic mass is 9.92. The molecule has 3 rings (SSSR count). The van der Waals surface area contributed by atoms with E-state index in [1.54, 1.807) is 0 Å². The number of hydrogen-bond acceptors (Lipinski definition) is 1. The highest BCUT2D eigenvalue weighted by atomic mass is 16.2. The molecule has 0 aromatic heterocycles. The third kappa shape index (κ3) is 1.86. The van der Waals surface area contributed by atoms with Gasteiger partial charge in [-0.3, -0.25) is 4.79 Å². The predicted octanol–water partition coefficient (Wildman–Crippen LogP) is 2.65. The summed E-state index contributed by atoms with van der Waals surface area (Å²) >= 11 is 0. The van der Waals surface area contributed by atoms with Crippen molar-refractivity contribution in [2.75, 3.05) is 6.54 Å². The molecule has 3 unspecified atom stereocenters.